The van der Waals surface area contributed by atoms with E-state index in [0.29, 0.717) is 26.1 Å². The van der Waals surface area contributed by atoms with Crippen LogP contribution in [0.4, 0.5) is 4.39 Å². The van der Waals surface area contributed by atoms with Gasteiger partial charge < -0.3 is 9.64 Å². The van der Waals surface area contributed by atoms with Crippen LogP contribution in [0.1, 0.15) is 5.56 Å². The van der Waals surface area contributed by atoms with Crippen LogP contribution in [0.5, 0.6) is 5.75 Å². The number of rotatable bonds is 3. The third-order valence-corrected chi connectivity index (χ3v) is 7.14. The van der Waals surface area contributed by atoms with Crippen LogP contribution in [0.15, 0.2) is 53.4 Å². The number of fused-ring (bicyclic) bond motifs is 1. The minimum atomic E-state index is -3.69. The molecule has 1 atom stereocenters. The highest BCUT2D eigenvalue weighted by Crippen LogP contribution is 2.28. The summed E-state index contributed by atoms with van der Waals surface area (Å²) in [6.07, 6.45) is 0.628. The van der Waals surface area contributed by atoms with Crippen LogP contribution in [-0.2, 0) is 21.2 Å². The Balaban J connectivity index is 1.39. The van der Waals surface area contributed by atoms with Crippen molar-refractivity contribution >= 4 is 15.9 Å². The normalized spacial score (nSPS) is 20.3. The molecule has 4 rings (SSSR count). The predicted molar refractivity (Wildman–Crippen MR) is 101 cm³/mol. The van der Waals surface area contributed by atoms with Crippen molar-refractivity contribution in [2.24, 2.45) is 5.92 Å². The topological polar surface area (TPSA) is 66.9 Å². The first-order valence-corrected chi connectivity index (χ1v) is 10.6. The van der Waals surface area contributed by atoms with Gasteiger partial charge in [0.05, 0.1) is 10.8 Å². The third-order valence-electron chi connectivity index (χ3n) is 5.23. The Morgan fingerprint density at radius 1 is 1.00 bits per heavy atom. The van der Waals surface area contributed by atoms with Crippen LogP contribution >= 0.6 is 0 Å². The lowest BCUT2D eigenvalue weighted by atomic mass is 9.95. The number of para-hydroxylation sites is 1. The van der Waals surface area contributed by atoms with Crippen molar-refractivity contribution in [3.8, 4) is 5.75 Å². The lowest BCUT2D eigenvalue weighted by molar-refractivity contribution is -0.138. The van der Waals surface area contributed by atoms with Gasteiger partial charge in [-0.3, -0.25) is 4.79 Å². The average Bonchev–Trinajstić information content (AvgIpc) is 2.73. The van der Waals surface area contributed by atoms with Crippen molar-refractivity contribution < 1.29 is 22.3 Å². The van der Waals surface area contributed by atoms with Crippen LogP contribution in [0.2, 0.25) is 0 Å². The van der Waals surface area contributed by atoms with Gasteiger partial charge in [-0.15, -0.1) is 0 Å². The average molecular weight is 404 g/mol. The summed E-state index contributed by atoms with van der Waals surface area (Å²) in [5.41, 5.74) is 1.02. The van der Waals surface area contributed by atoms with Crippen molar-refractivity contribution in [3.63, 3.8) is 0 Å². The monoisotopic (exact) mass is 404 g/mol. The fourth-order valence-corrected chi connectivity index (χ4v) is 5.07. The van der Waals surface area contributed by atoms with Gasteiger partial charge in [0.1, 0.15) is 18.2 Å². The standard InChI is InChI=1S/C20H21FN2O4S/c21-17-5-7-18(8-6-17)28(25,26)23-11-9-22(10-12-23)20(24)16-13-15-3-1-2-4-19(15)27-14-16/h1-8,16H,9-14H2/t16-/m0/s1. The van der Waals surface area contributed by atoms with Gasteiger partial charge in [-0.05, 0) is 42.3 Å². The summed E-state index contributed by atoms with van der Waals surface area (Å²) in [7, 11) is -3.69. The summed E-state index contributed by atoms with van der Waals surface area (Å²) in [5.74, 6) is 0.0795. The molecule has 1 saturated heterocycles. The van der Waals surface area contributed by atoms with E-state index >= 15 is 0 Å². The molecule has 2 aromatic rings. The van der Waals surface area contributed by atoms with Gasteiger partial charge in [0.2, 0.25) is 15.9 Å². The Morgan fingerprint density at radius 2 is 1.68 bits per heavy atom. The van der Waals surface area contributed by atoms with E-state index in [9.17, 15) is 17.6 Å². The Hall–Kier alpha value is -2.45. The smallest absolute Gasteiger partial charge is 0.243 e. The van der Waals surface area contributed by atoms with Crippen molar-refractivity contribution in [3.05, 3.63) is 59.9 Å². The van der Waals surface area contributed by atoms with Gasteiger partial charge in [0, 0.05) is 26.2 Å². The van der Waals surface area contributed by atoms with E-state index in [1.807, 2.05) is 24.3 Å². The van der Waals surface area contributed by atoms with Gasteiger partial charge in [0.15, 0.2) is 0 Å². The molecule has 0 unspecified atom stereocenters. The zero-order valence-corrected chi connectivity index (χ0v) is 16.1. The fraction of sp³-hybridized carbons (Fsp3) is 0.350. The van der Waals surface area contributed by atoms with Crippen LogP contribution in [0.3, 0.4) is 0 Å². The molecular weight excluding hydrogens is 383 g/mol. The molecule has 28 heavy (non-hydrogen) atoms. The quantitative estimate of drug-likeness (QED) is 0.784. The molecule has 1 fully saturated rings. The molecule has 0 radical (unpaired) electrons. The van der Waals surface area contributed by atoms with E-state index in [1.54, 1.807) is 4.90 Å². The molecule has 2 aromatic carbocycles. The van der Waals surface area contributed by atoms with Gasteiger partial charge in [0.25, 0.3) is 0 Å². The maximum Gasteiger partial charge on any atom is 0.243 e. The van der Waals surface area contributed by atoms with Crippen molar-refractivity contribution in [2.75, 3.05) is 32.8 Å². The summed E-state index contributed by atoms with van der Waals surface area (Å²) in [6, 6.07) is 12.5. The number of hydrogen-bond donors (Lipinski definition) is 0. The minimum Gasteiger partial charge on any atom is -0.492 e. The van der Waals surface area contributed by atoms with Gasteiger partial charge in [-0.25, -0.2) is 12.8 Å². The maximum absolute atomic E-state index is 13.1. The van der Waals surface area contributed by atoms with Crippen molar-refractivity contribution in [1.82, 2.24) is 9.21 Å². The minimum absolute atomic E-state index is 0.00617. The van der Waals surface area contributed by atoms with Crippen molar-refractivity contribution in [2.45, 2.75) is 11.3 Å². The summed E-state index contributed by atoms with van der Waals surface area (Å²) < 4.78 is 45.5. The number of carbonyl (C=O) groups is 1. The number of nitrogens with zero attached hydrogens (tertiary/aromatic N) is 2. The third kappa shape index (κ3) is 3.62. The highest BCUT2D eigenvalue weighted by molar-refractivity contribution is 7.89. The molecule has 0 aliphatic carbocycles. The molecule has 2 aliphatic rings. The molecule has 8 heteroatoms. The summed E-state index contributed by atoms with van der Waals surface area (Å²) >= 11 is 0. The number of piperazine rings is 1. The number of sulfonamides is 1. The number of halogens is 1. The van der Waals surface area contributed by atoms with E-state index in [0.717, 1.165) is 23.4 Å². The first-order valence-electron chi connectivity index (χ1n) is 9.20. The van der Waals surface area contributed by atoms with Gasteiger partial charge >= 0.3 is 0 Å². The highest BCUT2D eigenvalue weighted by Gasteiger charge is 2.34. The molecule has 0 aromatic heterocycles. The number of amides is 1. The molecule has 1 amide bonds. The summed E-state index contributed by atoms with van der Waals surface area (Å²) in [5, 5.41) is 0. The van der Waals surface area contributed by atoms with Crippen LogP contribution in [0, 0.1) is 11.7 Å². The number of ether oxygens (including phenoxy) is 1. The lowest BCUT2D eigenvalue weighted by Crippen LogP contribution is -2.52. The molecule has 0 bridgehead atoms. The molecule has 0 saturated carbocycles. The summed E-state index contributed by atoms with van der Waals surface area (Å²) in [4.78, 5) is 14.6. The highest BCUT2D eigenvalue weighted by atomic mass is 32.2. The zero-order valence-electron chi connectivity index (χ0n) is 15.3. The Labute approximate surface area is 163 Å². The molecular formula is C20H21FN2O4S. The Bertz CT molecular complexity index is 970. The zero-order chi connectivity index (χ0) is 19.7. The number of hydrogen-bond acceptors (Lipinski definition) is 4. The number of carbonyl (C=O) groups excluding carboxylic acids is 1. The van der Waals surface area contributed by atoms with Crippen LogP contribution in [0.25, 0.3) is 0 Å². The lowest BCUT2D eigenvalue weighted by Gasteiger charge is -2.36. The summed E-state index contributed by atoms with van der Waals surface area (Å²) in [6.45, 7) is 1.43. The molecule has 2 aliphatic heterocycles. The molecule has 0 spiro atoms. The first-order chi connectivity index (χ1) is 13.4. The molecule has 2 heterocycles. The van der Waals surface area contributed by atoms with E-state index in [4.69, 9.17) is 4.74 Å². The maximum atomic E-state index is 13.1. The largest absolute Gasteiger partial charge is 0.492 e. The first kappa shape index (κ1) is 18.9. The molecule has 148 valence electrons. The molecule has 6 nitrogen and oxygen atoms in total. The van der Waals surface area contributed by atoms with E-state index < -0.39 is 15.8 Å². The van der Waals surface area contributed by atoms with E-state index in [2.05, 4.69) is 0 Å². The second-order valence-corrected chi connectivity index (χ2v) is 8.94. The Morgan fingerprint density at radius 3 is 2.39 bits per heavy atom. The van der Waals surface area contributed by atoms with Crippen LogP contribution < -0.4 is 4.74 Å². The van der Waals surface area contributed by atoms with Gasteiger partial charge in [-0.1, -0.05) is 18.2 Å². The molecule has 0 N–H and O–H groups in total. The van der Waals surface area contributed by atoms with E-state index in [1.165, 1.54) is 16.4 Å². The second kappa shape index (κ2) is 7.52. The van der Waals surface area contributed by atoms with Gasteiger partial charge in [-0.2, -0.15) is 4.31 Å². The predicted octanol–water partition coefficient (Wildman–Crippen LogP) is 1.91. The fourth-order valence-electron chi connectivity index (χ4n) is 3.65. The van der Waals surface area contributed by atoms with E-state index in [-0.39, 0.29) is 29.8 Å². The Kier molecular flexibility index (Phi) is 5.07. The second-order valence-electron chi connectivity index (χ2n) is 7.00. The number of benzene rings is 2. The SMILES string of the molecule is O=C([C@@H]1COc2ccccc2C1)N1CCN(S(=O)(=O)c2ccc(F)cc2)CC1. The van der Waals surface area contributed by atoms with Crippen LogP contribution in [-0.4, -0.2) is 56.3 Å². The van der Waals surface area contributed by atoms with Crippen molar-refractivity contribution in [1.29, 1.82) is 0 Å².